The van der Waals surface area contributed by atoms with Gasteiger partial charge in [0.25, 0.3) is 0 Å². The van der Waals surface area contributed by atoms with Crippen molar-refractivity contribution in [3.8, 4) is 0 Å². The van der Waals surface area contributed by atoms with Crippen molar-refractivity contribution in [2.24, 2.45) is 0 Å². The van der Waals surface area contributed by atoms with Crippen LogP contribution in [0.5, 0.6) is 0 Å². The van der Waals surface area contributed by atoms with E-state index in [1.54, 1.807) is 0 Å². The van der Waals surface area contributed by atoms with Crippen molar-refractivity contribution < 1.29 is 29.6 Å². The van der Waals surface area contributed by atoms with E-state index in [1.807, 2.05) is 6.92 Å². The Balaban J connectivity index is 2.92. The number of aliphatic hydroxyl groups is 2. The lowest BCUT2D eigenvalue weighted by atomic mass is 9.90. The van der Waals surface area contributed by atoms with Crippen LogP contribution >= 0.6 is 0 Å². The Bertz CT molecular complexity index is 276. The number of carbonyl (C=O) groups excluding carboxylic acids is 1. The highest BCUT2D eigenvalue weighted by Gasteiger charge is 2.59. The molecule has 0 aromatic heterocycles. The van der Waals surface area contributed by atoms with E-state index < -0.39 is 29.7 Å². The van der Waals surface area contributed by atoms with Gasteiger partial charge >= 0.3 is 11.9 Å². The number of carboxylic acid groups (broad SMARTS) is 1. The molecule has 0 aromatic rings. The first-order valence-corrected chi connectivity index (χ1v) is 4.78. The number of unbranched alkanes of at least 4 members (excludes halogenated alkanes) is 1. The van der Waals surface area contributed by atoms with Crippen LogP contribution < -0.4 is 0 Å². The van der Waals surface area contributed by atoms with E-state index in [9.17, 15) is 14.7 Å². The minimum Gasteiger partial charge on any atom is -0.478 e. The third-order valence-electron chi connectivity index (χ3n) is 2.56. The number of hydrogen-bond donors (Lipinski definition) is 3. The third kappa shape index (κ3) is 1.82. The first-order valence-electron chi connectivity index (χ1n) is 4.78. The lowest BCUT2D eigenvalue weighted by Gasteiger charge is -2.25. The van der Waals surface area contributed by atoms with Crippen LogP contribution in [0.4, 0.5) is 0 Å². The number of aliphatic hydroxyl groups excluding tert-OH is 2. The van der Waals surface area contributed by atoms with Gasteiger partial charge < -0.3 is 20.1 Å². The van der Waals surface area contributed by atoms with Gasteiger partial charge in [-0.1, -0.05) is 13.3 Å². The maximum absolute atomic E-state index is 11.0. The average molecular weight is 218 g/mol. The van der Waals surface area contributed by atoms with Gasteiger partial charge in [0, 0.05) is 6.42 Å². The Morgan fingerprint density at radius 3 is 2.47 bits per heavy atom. The van der Waals surface area contributed by atoms with Gasteiger partial charge in [-0.05, 0) is 6.42 Å². The van der Waals surface area contributed by atoms with Crippen LogP contribution in [0.3, 0.4) is 0 Å². The van der Waals surface area contributed by atoms with Crippen molar-refractivity contribution in [2.75, 3.05) is 0 Å². The van der Waals surface area contributed by atoms with Crippen molar-refractivity contribution in [3.63, 3.8) is 0 Å². The van der Waals surface area contributed by atoms with Gasteiger partial charge in [0.1, 0.15) is 6.10 Å². The summed E-state index contributed by atoms with van der Waals surface area (Å²) in [7, 11) is 0. The number of esters is 1. The fourth-order valence-electron chi connectivity index (χ4n) is 1.60. The molecule has 0 saturated carbocycles. The quantitative estimate of drug-likeness (QED) is 0.538. The summed E-state index contributed by atoms with van der Waals surface area (Å²) in [5.41, 5.74) is -1.98. The van der Waals surface area contributed by atoms with Gasteiger partial charge in [0.15, 0.2) is 6.10 Å². The van der Waals surface area contributed by atoms with Crippen molar-refractivity contribution >= 4 is 11.9 Å². The van der Waals surface area contributed by atoms with Crippen molar-refractivity contribution in [1.82, 2.24) is 0 Å². The Hall–Kier alpha value is -1.14. The summed E-state index contributed by atoms with van der Waals surface area (Å²) in [5.74, 6) is -2.51. The number of hydrogen-bond acceptors (Lipinski definition) is 5. The highest BCUT2D eigenvalue weighted by molar-refractivity contribution is 5.89. The van der Waals surface area contributed by atoms with Gasteiger partial charge in [-0.3, -0.25) is 0 Å². The molecule has 1 heterocycles. The zero-order valence-corrected chi connectivity index (χ0v) is 8.34. The number of cyclic esters (lactones) is 1. The molecule has 6 heteroatoms. The SMILES string of the molecule is CCCC[C@@]1(C(=O)O)OC(=O)[C@@H](O)[C@@H]1O. The van der Waals surface area contributed by atoms with E-state index in [1.165, 1.54) is 0 Å². The summed E-state index contributed by atoms with van der Waals surface area (Å²) in [6.07, 6.45) is -2.27. The maximum Gasteiger partial charge on any atom is 0.351 e. The molecule has 86 valence electrons. The molecule has 1 aliphatic rings. The molecule has 3 N–H and O–H groups in total. The number of carboxylic acids is 1. The molecule has 0 aliphatic carbocycles. The van der Waals surface area contributed by atoms with E-state index in [4.69, 9.17) is 10.2 Å². The van der Waals surface area contributed by atoms with Crippen LogP contribution in [0.2, 0.25) is 0 Å². The maximum atomic E-state index is 11.0. The standard InChI is InChI=1S/C9H14O6/c1-2-3-4-9(8(13)14)6(11)5(10)7(12)15-9/h5-6,10-11H,2-4H2,1H3,(H,13,14)/t5-,6-,9+/m0/s1. The van der Waals surface area contributed by atoms with Gasteiger partial charge in [-0.25, -0.2) is 9.59 Å². The highest BCUT2D eigenvalue weighted by atomic mass is 16.6. The van der Waals surface area contributed by atoms with Crippen LogP contribution in [0.1, 0.15) is 26.2 Å². The number of carbonyl (C=O) groups is 2. The molecule has 0 bridgehead atoms. The normalized spacial score (nSPS) is 35.3. The van der Waals surface area contributed by atoms with Crippen LogP contribution in [0, 0.1) is 0 Å². The lowest BCUT2D eigenvalue weighted by molar-refractivity contribution is -0.177. The van der Waals surface area contributed by atoms with E-state index >= 15 is 0 Å². The van der Waals surface area contributed by atoms with Gasteiger partial charge in [0.05, 0.1) is 0 Å². The molecule has 0 radical (unpaired) electrons. The zero-order valence-electron chi connectivity index (χ0n) is 8.34. The summed E-state index contributed by atoms with van der Waals surface area (Å²) < 4.78 is 4.60. The minimum absolute atomic E-state index is 0.00278. The summed E-state index contributed by atoms with van der Waals surface area (Å²) in [5, 5.41) is 27.6. The molecule has 0 amide bonds. The highest BCUT2D eigenvalue weighted by Crippen LogP contribution is 2.32. The van der Waals surface area contributed by atoms with Crippen LogP contribution in [0.25, 0.3) is 0 Å². The summed E-state index contributed by atoms with van der Waals surface area (Å²) in [6, 6.07) is 0. The average Bonchev–Trinajstić information content (AvgIpc) is 2.41. The van der Waals surface area contributed by atoms with Crippen LogP contribution in [-0.2, 0) is 14.3 Å². The van der Waals surface area contributed by atoms with Crippen LogP contribution in [-0.4, -0.2) is 45.1 Å². The molecule has 6 nitrogen and oxygen atoms in total. The number of ether oxygens (including phenoxy) is 1. The second kappa shape index (κ2) is 4.16. The molecule has 3 atom stereocenters. The Kier molecular flexibility index (Phi) is 3.31. The summed E-state index contributed by atoms with van der Waals surface area (Å²) in [4.78, 5) is 22.0. The molecular weight excluding hydrogens is 204 g/mol. The Morgan fingerprint density at radius 1 is 1.53 bits per heavy atom. The van der Waals surface area contributed by atoms with Crippen molar-refractivity contribution in [3.05, 3.63) is 0 Å². The molecule has 1 saturated heterocycles. The van der Waals surface area contributed by atoms with Gasteiger partial charge in [-0.2, -0.15) is 0 Å². The molecule has 0 aromatic carbocycles. The second-order valence-corrected chi connectivity index (χ2v) is 3.61. The van der Waals surface area contributed by atoms with E-state index in [0.29, 0.717) is 12.8 Å². The van der Waals surface area contributed by atoms with E-state index in [-0.39, 0.29) is 6.42 Å². The summed E-state index contributed by atoms with van der Waals surface area (Å²) >= 11 is 0. The first kappa shape index (κ1) is 11.9. The minimum atomic E-state index is -1.98. The fraction of sp³-hybridized carbons (Fsp3) is 0.778. The van der Waals surface area contributed by atoms with Crippen LogP contribution in [0.15, 0.2) is 0 Å². The lowest BCUT2D eigenvalue weighted by Crippen LogP contribution is -2.49. The molecular formula is C9H14O6. The summed E-state index contributed by atoms with van der Waals surface area (Å²) in [6.45, 7) is 1.84. The molecule has 15 heavy (non-hydrogen) atoms. The molecule has 1 fully saturated rings. The first-order chi connectivity index (χ1) is 6.95. The van der Waals surface area contributed by atoms with Crippen molar-refractivity contribution in [2.45, 2.75) is 44.0 Å². The van der Waals surface area contributed by atoms with Gasteiger partial charge in [-0.15, -0.1) is 0 Å². The van der Waals surface area contributed by atoms with Gasteiger partial charge in [0.2, 0.25) is 5.60 Å². The molecule has 1 aliphatic heterocycles. The molecule has 0 spiro atoms. The Labute approximate surface area is 86.5 Å². The monoisotopic (exact) mass is 218 g/mol. The molecule has 1 rings (SSSR count). The smallest absolute Gasteiger partial charge is 0.351 e. The number of rotatable bonds is 4. The predicted octanol–water partition coefficient (Wildman–Crippen LogP) is -0.721. The topological polar surface area (TPSA) is 104 Å². The van der Waals surface area contributed by atoms with E-state index in [0.717, 1.165) is 0 Å². The zero-order chi connectivity index (χ0) is 11.6. The predicted molar refractivity (Wildman–Crippen MR) is 48.0 cm³/mol. The van der Waals surface area contributed by atoms with E-state index in [2.05, 4.69) is 4.74 Å². The van der Waals surface area contributed by atoms with Crippen molar-refractivity contribution in [1.29, 1.82) is 0 Å². The fourth-order valence-corrected chi connectivity index (χ4v) is 1.60. The second-order valence-electron chi connectivity index (χ2n) is 3.61. The third-order valence-corrected chi connectivity index (χ3v) is 2.56. The number of aliphatic carboxylic acids is 1. The largest absolute Gasteiger partial charge is 0.478 e. The Morgan fingerprint density at radius 2 is 2.13 bits per heavy atom. The molecule has 0 unspecified atom stereocenters.